The van der Waals surface area contributed by atoms with Crippen molar-refractivity contribution in [2.75, 3.05) is 13.2 Å². The Kier molecular flexibility index (Phi) is 6.05. The van der Waals surface area contributed by atoms with Crippen LogP contribution in [-0.2, 0) is 6.42 Å². The summed E-state index contributed by atoms with van der Waals surface area (Å²) < 4.78 is 0. The summed E-state index contributed by atoms with van der Waals surface area (Å²) in [6.45, 7) is 3.44. The smallest absolute Gasteiger partial charge is 0.0445 e. The average molecular weight is 207 g/mol. The highest BCUT2D eigenvalue weighted by Gasteiger charge is 2.07. The maximum absolute atomic E-state index is 8.97. The molecule has 0 aliphatic heterocycles. The maximum atomic E-state index is 8.97. The second-order valence-corrected chi connectivity index (χ2v) is 3.85. The third kappa shape index (κ3) is 4.96. The molecule has 2 heteroatoms. The van der Waals surface area contributed by atoms with Gasteiger partial charge >= 0.3 is 0 Å². The lowest BCUT2D eigenvalue weighted by Crippen LogP contribution is -2.32. The molecule has 0 amide bonds. The molecule has 2 N–H and O–H groups in total. The van der Waals surface area contributed by atoms with Crippen molar-refractivity contribution in [3.05, 3.63) is 35.9 Å². The largest absolute Gasteiger partial charge is 0.396 e. The Bertz CT molecular complexity index is 248. The summed E-state index contributed by atoms with van der Waals surface area (Å²) in [4.78, 5) is 0. The Labute approximate surface area is 92.3 Å². The predicted molar refractivity (Wildman–Crippen MR) is 63.9 cm³/mol. The summed E-state index contributed by atoms with van der Waals surface area (Å²) in [5.74, 6) is 0. The molecule has 0 saturated carbocycles. The predicted octanol–water partition coefficient (Wildman–Crippen LogP) is 1.98. The van der Waals surface area contributed by atoms with Crippen molar-refractivity contribution in [2.45, 2.75) is 32.2 Å². The van der Waals surface area contributed by atoms with E-state index in [4.69, 9.17) is 5.11 Å². The minimum atomic E-state index is 0.258. The first-order valence-corrected chi connectivity index (χ1v) is 5.75. The fourth-order valence-electron chi connectivity index (χ4n) is 1.68. The van der Waals surface area contributed by atoms with Crippen LogP contribution in [-0.4, -0.2) is 24.3 Å². The lowest BCUT2D eigenvalue weighted by molar-refractivity contribution is 0.264. The molecule has 0 saturated heterocycles. The van der Waals surface area contributed by atoms with E-state index in [2.05, 4.69) is 36.5 Å². The highest BCUT2D eigenvalue weighted by atomic mass is 16.3. The Hall–Kier alpha value is -0.860. The number of nitrogens with one attached hydrogen (secondary N) is 1. The van der Waals surface area contributed by atoms with Gasteiger partial charge in [-0.25, -0.2) is 0 Å². The van der Waals surface area contributed by atoms with E-state index in [1.165, 1.54) is 5.56 Å². The highest BCUT2D eigenvalue weighted by molar-refractivity contribution is 5.15. The van der Waals surface area contributed by atoms with Crippen LogP contribution >= 0.6 is 0 Å². The number of benzene rings is 1. The zero-order valence-electron chi connectivity index (χ0n) is 9.45. The minimum Gasteiger partial charge on any atom is -0.396 e. The summed E-state index contributed by atoms with van der Waals surface area (Å²) in [7, 11) is 0. The molecule has 1 rings (SSSR count). The first kappa shape index (κ1) is 12.2. The summed E-state index contributed by atoms with van der Waals surface area (Å²) in [5, 5.41) is 12.4. The number of aliphatic hydroxyl groups excluding tert-OH is 1. The van der Waals surface area contributed by atoms with E-state index in [1.54, 1.807) is 0 Å². The van der Waals surface area contributed by atoms with Crippen molar-refractivity contribution >= 4 is 0 Å². The average Bonchev–Trinajstić information content (AvgIpc) is 2.28. The van der Waals surface area contributed by atoms with Crippen molar-refractivity contribution < 1.29 is 5.11 Å². The van der Waals surface area contributed by atoms with Crippen LogP contribution in [0.2, 0.25) is 0 Å². The standard InChI is InChI=1S/C13H21NO/c1-2-9-14-13(8-10-15)11-12-6-4-3-5-7-12/h3-7,13-15H,2,8-11H2,1H3. The SMILES string of the molecule is CCCNC(CCO)Cc1ccccc1. The van der Waals surface area contributed by atoms with E-state index in [-0.39, 0.29) is 6.61 Å². The van der Waals surface area contributed by atoms with Crippen molar-refractivity contribution in [1.82, 2.24) is 5.32 Å². The molecule has 0 fully saturated rings. The first-order chi connectivity index (χ1) is 7.36. The van der Waals surface area contributed by atoms with Crippen LogP contribution in [0.5, 0.6) is 0 Å². The van der Waals surface area contributed by atoms with Gasteiger partial charge in [-0.1, -0.05) is 37.3 Å². The van der Waals surface area contributed by atoms with Crippen molar-refractivity contribution in [1.29, 1.82) is 0 Å². The molecule has 0 aromatic heterocycles. The Morgan fingerprint density at radius 2 is 2.00 bits per heavy atom. The number of hydrogen-bond donors (Lipinski definition) is 2. The Morgan fingerprint density at radius 1 is 1.27 bits per heavy atom. The molecule has 0 spiro atoms. The summed E-state index contributed by atoms with van der Waals surface area (Å²) in [6, 6.07) is 10.8. The normalized spacial score (nSPS) is 12.7. The monoisotopic (exact) mass is 207 g/mol. The molecule has 0 aliphatic rings. The van der Waals surface area contributed by atoms with Gasteiger partial charge in [0.15, 0.2) is 0 Å². The van der Waals surface area contributed by atoms with Gasteiger partial charge in [-0.15, -0.1) is 0 Å². The van der Waals surface area contributed by atoms with Gasteiger partial charge in [0.25, 0.3) is 0 Å². The number of rotatable bonds is 7. The van der Waals surface area contributed by atoms with Gasteiger partial charge in [-0.2, -0.15) is 0 Å². The molecule has 0 bridgehead atoms. The quantitative estimate of drug-likeness (QED) is 0.716. The molecule has 2 nitrogen and oxygen atoms in total. The van der Waals surface area contributed by atoms with E-state index in [0.29, 0.717) is 6.04 Å². The molecule has 0 heterocycles. The van der Waals surface area contributed by atoms with Gasteiger partial charge < -0.3 is 10.4 Å². The molecule has 15 heavy (non-hydrogen) atoms. The van der Waals surface area contributed by atoms with Crippen LogP contribution in [0, 0.1) is 0 Å². The Balaban J connectivity index is 2.43. The van der Waals surface area contributed by atoms with Crippen molar-refractivity contribution in [3.63, 3.8) is 0 Å². The molecule has 84 valence electrons. The molecular weight excluding hydrogens is 186 g/mol. The lowest BCUT2D eigenvalue weighted by Gasteiger charge is -2.17. The molecule has 0 radical (unpaired) electrons. The fraction of sp³-hybridized carbons (Fsp3) is 0.538. The molecule has 1 aromatic carbocycles. The van der Waals surface area contributed by atoms with Gasteiger partial charge in [-0.3, -0.25) is 0 Å². The van der Waals surface area contributed by atoms with Gasteiger partial charge in [0.05, 0.1) is 0 Å². The minimum absolute atomic E-state index is 0.258. The van der Waals surface area contributed by atoms with Crippen LogP contribution in [0.3, 0.4) is 0 Å². The molecule has 1 aromatic rings. The van der Waals surface area contributed by atoms with E-state index < -0.39 is 0 Å². The van der Waals surface area contributed by atoms with Crippen LogP contribution < -0.4 is 5.32 Å². The lowest BCUT2D eigenvalue weighted by atomic mass is 10.0. The van der Waals surface area contributed by atoms with Crippen LogP contribution in [0.1, 0.15) is 25.3 Å². The van der Waals surface area contributed by atoms with Crippen molar-refractivity contribution in [3.8, 4) is 0 Å². The van der Waals surface area contributed by atoms with Crippen LogP contribution in [0.4, 0.5) is 0 Å². The highest BCUT2D eigenvalue weighted by Crippen LogP contribution is 2.05. The van der Waals surface area contributed by atoms with Gasteiger partial charge in [0.1, 0.15) is 0 Å². The molecule has 1 atom stereocenters. The summed E-state index contributed by atoms with van der Waals surface area (Å²) in [5.41, 5.74) is 1.33. The third-order valence-electron chi connectivity index (χ3n) is 2.49. The first-order valence-electron chi connectivity index (χ1n) is 5.75. The van der Waals surface area contributed by atoms with Crippen LogP contribution in [0.25, 0.3) is 0 Å². The number of aliphatic hydroxyl groups is 1. The molecule has 0 aliphatic carbocycles. The van der Waals surface area contributed by atoms with E-state index in [9.17, 15) is 0 Å². The molecule has 1 unspecified atom stereocenters. The summed E-state index contributed by atoms with van der Waals surface area (Å²) in [6.07, 6.45) is 2.97. The van der Waals surface area contributed by atoms with Crippen LogP contribution in [0.15, 0.2) is 30.3 Å². The van der Waals surface area contributed by atoms with E-state index in [0.717, 1.165) is 25.8 Å². The fourth-order valence-corrected chi connectivity index (χ4v) is 1.68. The van der Waals surface area contributed by atoms with Gasteiger partial charge in [0, 0.05) is 12.6 Å². The van der Waals surface area contributed by atoms with Crippen molar-refractivity contribution in [2.24, 2.45) is 0 Å². The zero-order chi connectivity index (χ0) is 10.9. The topological polar surface area (TPSA) is 32.3 Å². The third-order valence-corrected chi connectivity index (χ3v) is 2.49. The molecular formula is C13H21NO. The van der Waals surface area contributed by atoms with Gasteiger partial charge in [-0.05, 0) is 31.4 Å². The van der Waals surface area contributed by atoms with Gasteiger partial charge in [0.2, 0.25) is 0 Å². The Morgan fingerprint density at radius 3 is 2.60 bits per heavy atom. The number of hydrogen-bond acceptors (Lipinski definition) is 2. The van der Waals surface area contributed by atoms with E-state index in [1.807, 2.05) is 6.07 Å². The second-order valence-electron chi connectivity index (χ2n) is 3.85. The van der Waals surface area contributed by atoms with E-state index >= 15 is 0 Å². The maximum Gasteiger partial charge on any atom is 0.0445 e. The zero-order valence-corrected chi connectivity index (χ0v) is 9.45. The second kappa shape index (κ2) is 7.43. The summed E-state index contributed by atoms with van der Waals surface area (Å²) >= 11 is 0.